The summed E-state index contributed by atoms with van der Waals surface area (Å²) in [6, 6.07) is 17.6. The molecule has 142 valence electrons. The lowest BCUT2D eigenvalue weighted by Crippen LogP contribution is -2.06. The van der Waals surface area contributed by atoms with Crippen LogP contribution in [0.3, 0.4) is 0 Å². The predicted molar refractivity (Wildman–Crippen MR) is 118 cm³/mol. The van der Waals surface area contributed by atoms with Crippen LogP contribution < -0.4 is 10.2 Å². The Balaban J connectivity index is 1.84. The molecule has 1 N–H and O–H groups in total. The fourth-order valence-electron chi connectivity index (χ4n) is 3.47. The summed E-state index contributed by atoms with van der Waals surface area (Å²) in [5, 5.41) is 1.58. The summed E-state index contributed by atoms with van der Waals surface area (Å²) < 4.78 is 5.22. The molecule has 29 heavy (non-hydrogen) atoms. The number of nitrogens with one attached hydrogen (secondary N) is 1. The molecule has 0 bridgehead atoms. The van der Waals surface area contributed by atoms with Gasteiger partial charge in [-0.15, -0.1) is 11.3 Å². The Labute approximate surface area is 170 Å². The van der Waals surface area contributed by atoms with Gasteiger partial charge in [0.2, 0.25) is 0 Å². The standard InChI is InChI=1S/C23H17N3O2S/c1-13-5-8-20(29-13)22-16(14-6-7-18-15(10-14)4-3-9-24-18)11-17-19(27)12-21(28-2)25-23(17)26-22/h3-12H,1-2H3,(H,25,26,27). The molecule has 0 amide bonds. The number of aryl methyl sites for hydroxylation is 1. The van der Waals surface area contributed by atoms with Gasteiger partial charge in [-0.05, 0) is 48.9 Å². The van der Waals surface area contributed by atoms with E-state index in [0.717, 1.165) is 32.6 Å². The van der Waals surface area contributed by atoms with E-state index >= 15 is 0 Å². The summed E-state index contributed by atoms with van der Waals surface area (Å²) in [5.41, 5.74) is 4.07. The van der Waals surface area contributed by atoms with Crippen molar-refractivity contribution in [1.29, 1.82) is 0 Å². The van der Waals surface area contributed by atoms with Gasteiger partial charge in [-0.2, -0.15) is 0 Å². The number of aromatic nitrogens is 3. The molecule has 0 saturated heterocycles. The number of thiophene rings is 1. The number of pyridine rings is 3. The minimum absolute atomic E-state index is 0.124. The molecule has 5 aromatic rings. The van der Waals surface area contributed by atoms with E-state index < -0.39 is 0 Å². The molecular weight excluding hydrogens is 382 g/mol. The fraction of sp³-hybridized carbons (Fsp3) is 0.0870. The molecule has 4 heterocycles. The molecular formula is C23H17N3O2S. The van der Waals surface area contributed by atoms with Gasteiger partial charge in [-0.3, -0.25) is 9.78 Å². The molecule has 0 fully saturated rings. The number of methoxy groups -OCH3 is 1. The highest BCUT2D eigenvalue weighted by Gasteiger charge is 2.16. The second-order valence-corrected chi connectivity index (χ2v) is 8.09. The molecule has 5 nitrogen and oxygen atoms in total. The SMILES string of the molecule is COc1cc(=O)c2cc(-c3ccc4ncccc4c3)c(-c3ccc(C)s3)nc2[nH]1. The van der Waals surface area contributed by atoms with Crippen molar-refractivity contribution in [3.63, 3.8) is 0 Å². The van der Waals surface area contributed by atoms with Gasteiger partial charge in [0.15, 0.2) is 11.3 Å². The minimum Gasteiger partial charge on any atom is -0.482 e. The lowest BCUT2D eigenvalue weighted by atomic mass is 9.99. The second kappa shape index (κ2) is 6.83. The van der Waals surface area contributed by atoms with Gasteiger partial charge >= 0.3 is 0 Å². The van der Waals surface area contributed by atoms with Crippen molar-refractivity contribution in [3.05, 3.63) is 75.9 Å². The third kappa shape index (κ3) is 3.07. The maximum Gasteiger partial charge on any atom is 0.196 e. The molecule has 0 spiro atoms. The molecule has 0 unspecified atom stereocenters. The van der Waals surface area contributed by atoms with Gasteiger partial charge in [0, 0.05) is 28.1 Å². The molecule has 0 aliphatic heterocycles. The molecule has 6 heteroatoms. The third-order valence-corrected chi connectivity index (χ3v) is 5.91. The number of hydrogen-bond donors (Lipinski definition) is 1. The number of hydrogen-bond acceptors (Lipinski definition) is 5. The van der Waals surface area contributed by atoms with Gasteiger partial charge in [0.05, 0.1) is 28.6 Å². The van der Waals surface area contributed by atoms with Gasteiger partial charge < -0.3 is 9.72 Å². The summed E-state index contributed by atoms with van der Waals surface area (Å²) >= 11 is 1.68. The van der Waals surface area contributed by atoms with Gasteiger partial charge in [0.1, 0.15) is 5.65 Å². The minimum atomic E-state index is -0.124. The second-order valence-electron chi connectivity index (χ2n) is 6.80. The number of H-pyrrole nitrogens is 1. The molecule has 1 aromatic carbocycles. The zero-order chi connectivity index (χ0) is 20.0. The van der Waals surface area contributed by atoms with Crippen molar-refractivity contribution >= 4 is 33.3 Å². The van der Waals surface area contributed by atoms with Crippen LogP contribution >= 0.6 is 11.3 Å². The highest BCUT2D eigenvalue weighted by molar-refractivity contribution is 7.15. The number of ether oxygens (including phenoxy) is 1. The monoisotopic (exact) mass is 399 g/mol. The zero-order valence-electron chi connectivity index (χ0n) is 15.9. The van der Waals surface area contributed by atoms with Crippen LogP contribution in [0.25, 0.3) is 43.6 Å². The number of fused-ring (bicyclic) bond motifs is 2. The van der Waals surface area contributed by atoms with Crippen LogP contribution in [0.2, 0.25) is 0 Å². The van der Waals surface area contributed by atoms with Gasteiger partial charge in [-0.25, -0.2) is 4.98 Å². The van der Waals surface area contributed by atoms with E-state index in [0.29, 0.717) is 16.9 Å². The smallest absolute Gasteiger partial charge is 0.196 e. The molecule has 4 aromatic heterocycles. The molecule has 0 aliphatic rings. The van der Waals surface area contributed by atoms with E-state index in [4.69, 9.17) is 9.72 Å². The van der Waals surface area contributed by atoms with Crippen LogP contribution in [-0.2, 0) is 0 Å². The Bertz CT molecular complexity index is 1440. The van der Waals surface area contributed by atoms with Crippen LogP contribution in [0.1, 0.15) is 4.88 Å². The highest BCUT2D eigenvalue weighted by atomic mass is 32.1. The van der Waals surface area contributed by atoms with Crippen LogP contribution in [-0.4, -0.2) is 22.1 Å². The van der Waals surface area contributed by atoms with Crippen molar-refractivity contribution in [1.82, 2.24) is 15.0 Å². The molecule has 0 aliphatic carbocycles. The number of benzene rings is 1. The molecule has 5 rings (SSSR count). The Morgan fingerprint density at radius 2 is 1.97 bits per heavy atom. The van der Waals surface area contributed by atoms with Crippen molar-refractivity contribution < 1.29 is 4.74 Å². The first-order chi connectivity index (χ1) is 14.1. The van der Waals surface area contributed by atoms with Crippen molar-refractivity contribution in [2.24, 2.45) is 0 Å². The largest absolute Gasteiger partial charge is 0.482 e. The summed E-state index contributed by atoms with van der Waals surface area (Å²) in [6.07, 6.45) is 1.78. The van der Waals surface area contributed by atoms with Crippen LogP contribution in [0.4, 0.5) is 0 Å². The lowest BCUT2D eigenvalue weighted by molar-refractivity contribution is 0.399. The maximum atomic E-state index is 12.7. The normalized spacial score (nSPS) is 11.2. The van der Waals surface area contributed by atoms with E-state index in [-0.39, 0.29) is 5.43 Å². The Morgan fingerprint density at radius 1 is 1.07 bits per heavy atom. The Morgan fingerprint density at radius 3 is 2.76 bits per heavy atom. The van der Waals surface area contributed by atoms with E-state index in [9.17, 15) is 4.79 Å². The first-order valence-corrected chi connectivity index (χ1v) is 9.98. The number of aromatic amines is 1. The Kier molecular flexibility index (Phi) is 4.14. The number of rotatable bonds is 3. The average molecular weight is 399 g/mol. The predicted octanol–water partition coefficient (Wildman–Crippen LogP) is 5.18. The van der Waals surface area contributed by atoms with E-state index in [1.807, 2.05) is 30.3 Å². The van der Waals surface area contributed by atoms with Gasteiger partial charge in [0.25, 0.3) is 0 Å². The van der Waals surface area contributed by atoms with Crippen LogP contribution in [0, 0.1) is 6.92 Å². The zero-order valence-corrected chi connectivity index (χ0v) is 16.7. The van der Waals surface area contributed by atoms with Gasteiger partial charge in [-0.1, -0.05) is 12.1 Å². The fourth-order valence-corrected chi connectivity index (χ4v) is 4.34. The summed E-state index contributed by atoms with van der Waals surface area (Å²) in [5.74, 6) is 0.396. The van der Waals surface area contributed by atoms with E-state index in [1.54, 1.807) is 17.5 Å². The van der Waals surface area contributed by atoms with Crippen molar-refractivity contribution in [2.45, 2.75) is 6.92 Å². The molecule has 0 saturated carbocycles. The first kappa shape index (κ1) is 17.6. The highest BCUT2D eigenvalue weighted by Crippen LogP contribution is 2.37. The molecule has 0 radical (unpaired) electrons. The number of nitrogens with zero attached hydrogens (tertiary/aromatic N) is 2. The third-order valence-electron chi connectivity index (χ3n) is 4.90. The lowest BCUT2D eigenvalue weighted by Gasteiger charge is -2.11. The Hall–Kier alpha value is -3.51. The maximum absolute atomic E-state index is 12.7. The molecule has 0 atom stereocenters. The topological polar surface area (TPSA) is 67.9 Å². The first-order valence-electron chi connectivity index (χ1n) is 9.16. The quantitative estimate of drug-likeness (QED) is 0.454. The summed E-state index contributed by atoms with van der Waals surface area (Å²) in [6.45, 7) is 2.07. The van der Waals surface area contributed by atoms with Crippen LogP contribution in [0.15, 0.2) is 65.6 Å². The summed E-state index contributed by atoms with van der Waals surface area (Å²) in [7, 11) is 1.53. The average Bonchev–Trinajstić information content (AvgIpc) is 3.18. The van der Waals surface area contributed by atoms with E-state index in [2.05, 4.69) is 35.1 Å². The van der Waals surface area contributed by atoms with Crippen molar-refractivity contribution in [2.75, 3.05) is 7.11 Å². The van der Waals surface area contributed by atoms with Crippen molar-refractivity contribution in [3.8, 4) is 27.6 Å². The summed E-state index contributed by atoms with van der Waals surface area (Å²) in [4.78, 5) is 27.3. The van der Waals surface area contributed by atoms with E-state index in [1.165, 1.54) is 18.1 Å². The van der Waals surface area contributed by atoms with Crippen LogP contribution in [0.5, 0.6) is 5.88 Å².